The number of halogens is 1. The number of hydrogen-bond acceptors (Lipinski definition) is 5. The zero-order valence-electron chi connectivity index (χ0n) is 16.3. The molecule has 1 aliphatic carbocycles. The smallest absolute Gasteiger partial charge is 0.266 e. The van der Waals surface area contributed by atoms with Crippen LogP contribution in [0.15, 0.2) is 36.4 Å². The van der Waals surface area contributed by atoms with E-state index in [1.54, 1.807) is 0 Å². The summed E-state index contributed by atoms with van der Waals surface area (Å²) in [5, 5.41) is 3.39. The minimum absolute atomic E-state index is 0.105. The van der Waals surface area contributed by atoms with E-state index in [0.717, 1.165) is 11.1 Å². The number of nitrogens with one attached hydrogen (secondary N) is 2. The summed E-state index contributed by atoms with van der Waals surface area (Å²) in [4.78, 5) is 12.9. The lowest BCUT2D eigenvalue weighted by molar-refractivity contribution is 0.0981. The van der Waals surface area contributed by atoms with Crippen molar-refractivity contribution >= 4 is 38.9 Å². The maximum absolute atomic E-state index is 12.9. The lowest BCUT2D eigenvalue weighted by Crippen LogP contribution is -2.38. The van der Waals surface area contributed by atoms with Gasteiger partial charge >= 0.3 is 0 Å². The third kappa shape index (κ3) is 3.94. The van der Waals surface area contributed by atoms with Crippen LogP contribution >= 0.6 is 11.6 Å². The van der Waals surface area contributed by atoms with Crippen molar-refractivity contribution in [1.82, 2.24) is 4.72 Å². The molecule has 1 heterocycles. The molecule has 29 heavy (non-hydrogen) atoms. The molecule has 1 fully saturated rings. The molecule has 4 N–H and O–H groups in total. The average Bonchev–Trinajstić information content (AvgIpc) is 3.44. The Labute approximate surface area is 175 Å². The largest absolute Gasteiger partial charge is 0.399 e. The average molecular weight is 434 g/mol. The number of nitrogens with two attached hydrogens (primary N) is 1. The van der Waals surface area contributed by atoms with E-state index in [1.807, 2.05) is 30.3 Å². The van der Waals surface area contributed by atoms with Gasteiger partial charge in [0.1, 0.15) is 0 Å². The summed E-state index contributed by atoms with van der Waals surface area (Å²) in [5.41, 5.74) is 9.20. The van der Waals surface area contributed by atoms with Crippen molar-refractivity contribution in [2.45, 2.75) is 44.4 Å². The molecular weight excluding hydrogens is 410 g/mol. The van der Waals surface area contributed by atoms with E-state index >= 15 is 0 Å². The lowest BCUT2D eigenvalue weighted by atomic mass is 9.72. The molecule has 4 rings (SSSR count). The molecule has 2 aliphatic rings. The van der Waals surface area contributed by atoms with Gasteiger partial charge in [0.2, 0.25) is 10.0 Å². The van der Waals surface area contributed by atoms with E-state index in [4.69, 9.17) is 17.3 Å². The maximum Gasteiger partial charge on any atom is 0.266 e. The van der Waals surface area contributed by atoms with Crippen molar-refractivity contribution in [3.8, 4) is 0 Å². The third-order valence-electron chi connectivity index (χ3n) is 5.59. The second-order valence-electron chi connectivity index (χ2n) is 8.58. The summed E-state index contributed by atoms with van der Waals surface area (Å²) < 4.78 is 26.7. The van der Waals surface area contributed by atoms with E-state index in [9.17, 15) is 13.2 Å². The molecule has 2 aromatic rings. The molecule has 2 aromatic carbocycles. The number of nitrogen functional groups attached to an aromatic ring is 1. The van der Waals surface area contributed by atoms with Gasteiger partial charge in [-0.15, -0.1) is 0 Å². The Hall–Kier alpha value is -2.25. The highest BCUT2D eigenvalue weighted by atomic mass is 35.5. The Kier molecular flexibility index (Phi) is 4.78. The Morgan fingerprint density at radius 3 is 2.62 bits per heavy atom. The first kappa shape index (κ1) is 20.0. The van der Waals surface area contributed by atoms with Gasteiger partial charge in [-0.3, -0.25) is 4.79 Å². The fourth-order valence-corrected chi connectivity index (χ4v) is 5.54. The van der Waals surface area contributed by atoms with E-state index in [0.29, 0.717) is 35.7 Å². The number of sulfonamides is 1. The second-order valence-corrected chi connectivity index (χ2v) is 11.0. The topological polar surface area (TPSA) is 101 Å². The number of amides is 1. The number of benzene rings is 2. The molecular formula is C21H24ClN3O3S. The molecule has 0 aromatic heterocycles. The quantitative estimate of drug-likeness (QED) is 0.635. The van der Waals surface area contributed by atoms with Crippen LogP contribution in [0.3, 0.4) is 0 Å². The molecule has 1 unspecified atom stereocenters. The van der Waals surface area contributed by atoms with Crippen LogP contribution in [0.25, 0.3) is 0 Å². The maximum atomic E-state index is 12.9. The lowest BCUT2D eigenvalue weighted by Gasteiger charge is -2.42. The van der Waals surface area contributed by atoms with Crippen LogP contribution in [-0.4, -0.2) is 19.6 Å². The van der Waals surface area contributed by atoms with Crippen molar-refractivity contribution in [3.63, 3.8) is 0 Å². The first-order valence-corrected chi connectivity index (χ1v) is 11.5. The van der Waals surface area contributed by atoms with E-state index < -0.39 is 21.2 Å². The van der Waals surface area contributed by atoms with Crippen molar-refractivity contribution in [1.29, 1.82) is 0 Å². The molecule has 8 heteroatoms. The van der Waals surface area contributed by atoms with Crippen LogP contribution in [0.5, 0.6) is 0 Å². The SMILES string of the molecule is CC1(C)Cc2cc(Cl)cc(C(=O)NS(=O)(=O)C3CC3)c2NC1c1cccc(N)c1. The minimum Gasteiger partial charge on any atom is -0.399 e. The number of fused-ring (bicyclic) bond motifs is 1. The van der Waals surface area contributed by atoms with Crippen molar-refractivity contribution in [2.24, 2.45) is 5.41 Å². The fourth-order valence-electron chi connectivity index (χ4n) is 4.00. The Balaban J connectivity index is 1.74. The predicted octanol–water partition coefficient (Wildman–Crippen LogP) is 3.88. The molecule has 6 nitrogen and oxygen atoms in total. The van der Waals surface area contributed by atoms with Gasteiger partial charge in [0, 0.05) is 10.7 Å². The normalized spacial score (nSPS) is 20.4. The minimum atomic E-state index is -3.65. The van der Waals surface area contributed by atoms with Gasteiger partial charge in [0.05, 0.1) is 22.5 Å². The van der Waals surface area contributed by atoms with Gasteiger partial charge in [-0.2, -0.15) is 0 Å². The third-order valence-corrected chi connectivity index (χ3v) is 7.63. The highest BCUT2D eigenvalue weighted by Gasteiger charge is 2.40. The van der Waals surface area contributed by atoms with E-state index in [1.165, 1.54) is 6.07 Å². The van der Waals surface area contributed by atoms with E-state index in [-0.39, 0.29) is 17.0 Å². The number of anilines is 2. The first-order chi connectivity index (χ1) is 13.6. The van der Waals surface area contributed by atoms with Crippen LogP contribution in [0.1, 0.15) is 54.2 Å². The zero-order valence-corrected chi connectivity index (χ0v) is 17.9. The summed E-state index contributed by atoms with van der Waals surface area (Å²) in [6, 6.07) is 10.9. The van der Waals surface area contributed by atoms with Gasteiger partial charge in [0.15, 0.2) is 0 Å². The molecule has 0 bridgehead atoms. The molecule has 154 valence electrons. The number of hydrogen-bond donors (Lipinski definition) is 3. The van der Waals surface area contributed by atoms with Gasteiger partial charge < -0.3 is 11.1 Å². The number of carbonyl (C=O) groups is 1. The zero-order chi connectivity index (χ0) is 21.0. The Morgan fingerprint density at radius 1 is 1.24 bits per heavy atom. The van der Waals surface area contributed by atoms with Crippen LogP contribution in [0.2, 0.25) is 5.02 Å². The summed E-state index contributed by atoms with van der Waals surface area (Å²) in [6.07, 6.45) is 1.84. The monoisotopic (exact) mass is 433 g/mol. The van der Waals surface area contributed by atoms with E-state index in [2.05, 4.69) is 23.9 Å². The molecule has 0 saturated heterocycles. The summed E-state index contributed by atoms with van der Waals surface area (Å²) in [5.74, 6) is -0.658. The second kappa shape index (κ2) is 6.92. The van der Waals surface area contributed by atoms with Crippen LogP contribution in [-0.2, 0) is 16.4 Å². The molecule has 1 aliphatic heterocycles. The molecule has 0 spiro atoms. The van der Waals surface area contributed by atoms with Crippen molar-refractivity contribution < 1.29 is 13.2 Å². The number of rotatable bonds is 4. The molecule has 1 atom stereocenters. The Morgan fingerprint density at radius 2 is 1.97 bits per heavy atom. The first-order valence-electron chi connectivity index (χ1n) is 9.57. The van der Waals surface area contributed by atoms with Gasteiger partial charge in [0.25, 0.3) is 5.91 Å². The highest BCUT2D eigenvalue weighted by Crippen LogP contribution is 2.47. The summed E-state index contributed by atoms with van der Waals surface area (Å²) in [7, 11) is -3.65. The summed E-state index contributed by atoms with van der Waals surface area (Å²) >= 11 is 6.27. The van der Waals surface area contributed by atoms with Crippen LogP contribution < -0.4 is 15.8 Å². The molecule has 1 amide bonds. The highest BCUT2D eigenvalue weighted by molar-refractivity contribution is 7.91. The van der Waals surface area contributed by atoms with Gasteiger partial charge in [-0.1, -0.05) is 37.6 Å². The van der Waals surface area contributed by atoms with Gasteiger partial charge in [-0.05, 0) is 60.1 Å². The van der Waals surface area contributed by atoms with Gasteiger partial charge in [-0.25, -0.2) is 13.1 Å². The summed E-state index contributed by atoms with van der Waals surface area (Å²) in [6.45, 7) is 4.27. The van der Waals surface area contributed by atoms with Crippen molar-refractivity contribution in [2.75, 3.05) is 11.1 Å². The predicted molar refractivity (Wildman–Crippen MR) is 116 cm³/mol. The Bertz CT molecular complexity index is 1090. The molecule has 1 saturated carbocycles. The van der Waals surface area contributed by atoms with Crippen LogP contribution in [0.4, 0.5) is 11.4 Å². The number of carbonyl (C=O) groups excluding carboxylic acids is 1. The molecule has 0 radical (unpaired) electrons. The fraction of sp³-hybridized carbons (Fsp3) is 0.381. The van der Waals surface area contributed by atoms with Crippen LogP contribution in [0, 0.1) is 5.41 Å². The van der Waals surface area contributed by atoms with Crippen molar-refractivity contribution in [3.05, 3.63) is 58.1 Å². The standard InChI is InChI=1S/C21H24ClN3O3S/c1-21(2)11-13-8-14(22)10-17(20(26)25-29(27,28)16-6-7-16)18(13)24-19(21)12-4-3-5-15(23)9-12/h3-5,8-10,16,19,24H,6-7,11,23H2,1-2H3,(H,25,26).